The van der Waals surface area contributed by atoms with Gasteiger partial charge in [0.05, 0.1) is 17.7 Å². The zero-order valence-electron chi connectivity index (χ0n) is 16.7. The summed E-state index contributed by atoms with van der Waals surface area (Å²) in [6.45, 7) is 2.73. The summed E-state index contributed by atoms with van der Waals surface area (Å²) in [6.07, 6.45) is 2.75. The van der Waals surface area contributed by atoms with Gasteiger partial charge in [-0.15, -0.1) is 0 Å². The number of aryl methyl sites for hydroxylation is 1. The van der Waals surface area contributed by atoms with Crippen molar-refractivity contribution in [1.82, 2.24) is 4.31 Å². The van der Waals surface area contributed by atoms with E-state index in [0.29, 0.717) is 30.3 Å². The molecule has 1 amide bonds. The number of nitrogens with one attached hydrogen (secondary N) is 1. The van der Waals surface area contributed by atoms with Crippen molar-refractivity contribution in [2.24, 2.45) is 0 Å². The van der Waals surface area contributed by atoms with E-state index in [1.165, 1.54) is 23.5 Å². The number of para-hydroxylation sites is 1. The third-order valence-corrected chi connectivity index (χ3v) is 6.74. The zero-order valence-corrected chi connectivity index (χ0v) is 17.5. The molecule has 1 saturated heterocycles. The maximum atomic E-state index is 12.9. The van der Waals surface area contributed by atoms with E-state index in [9.17, 15) is 13.2 Å². The van der Waals surface area contributed by atoms with Gasteiger partial charge >= 0.3 is 0 Å². The third-order valence-electron chi connectivity index (χ3n) is 4.85. The standard InChI is InChI=1S/C21H26N2O5S/c1-16-8-4-5-9-19(16)28-15-21(24)22-18-14-17(10-11-20(18)27-2)29(25,26)23-12-6-3-7-13-23/h4-5,8-11,14H,3,6-7,12-13,15H2,1-2H3,(H,22,24). The highest BCUT2D eigenvalue weighted by molar-refractivity contribution is 7.89. The molecule has 0 bridgehead atoms. The van der Waals surface area contributed by atoms with Crippen molar-refractivity contribution in [3.05, 3.63) is 48.0 Å². The number of benzene rings is 2. The fourth-order valence-electron chi connectivity index (χ4n) is 3.25. The number of hydrogen-bond donors (Lipinski definition) is 1. The first kappa shape index (κ1) is 21.1. The fraction of sp³-hybridized carbons (Fsp3) is 0.381. The van der Waals surface area contributed by atoms with E-state index in [1.807, 2.05) is 25.1 Å². The summed E-state index contributed by atoms with van der Waals surface area (Å²) in [4.78, 5) is 12.5. The van der Waals surface area contributed by atoms with Gasteiger partial charge in [0.1, 0.15) is 11.5 Å². The number of ether oxygens (including phenoxy) is 2. The average molecular weight is 419 g/mol. The van der Waals surface area contributed by atoms with Crippen LogP contribution in [0.3, 0.4) is 0 Å². The van der Waals surface area contributed by atoms with Crippen molar-refractivity contribution < 1.29 is 22.7 Å². The fourth-order valence-corrected chi connectivity index (χ4v) is 4.79. The second-order valence-electron chi connectivity index (χ2n) is 6.93. The summed E-state index contributed by atoms with van der Waals surface area (Å²) in [7, 11) is -2.15. The molecule has 0 unspecified atom stereocenters. The molecule has 1 aliphatic rings. The molecule has 29 heavy (non-hydrogen) atoms. The van der Waals surface area contributed by atoms with Gasteiger partial charge in [-0.2, -0.15) is 4.31 Å². The van der Waals surface area contributed by atoms with Crippen molar-refractivity contribution in [2.75, 3.05) is 32.1 Å². The van der Waals surface area contributed by atoms with Gasteiger partial charge in [0, 0.05) is 13.1 Å². The minimum absolute atomic E-state index is 0.135. The Bertz CT molecular complexity index is 969. The van der Waals surface area contributed by atoms with Crippen molar-refractivity contribution in [3.8, 4) is 11.5 Å². The van der Waals surface area contributed by atoms with Crippen LogP contribution in [0.1, 0.15) is 24.8 Å². The Balaban J connectivity index is 1.75. The molecule has 0 aliphatic carbocycles. The van der Waals surface area contributed by atoms with Gasteiger partial charge in [-0.3, -0.25) is 4.79 Å². The molecule has 1 aliphatic heterocycles. The van der Waals surface area contributed by atoms with Crippen LogP contribution >= 0.6 is 0 Å². The van der Waals surface area contributed by atoms with Gasteiger partial charge in [-0.05, 0) is 49.6 Å². The van der Waals surface area contributed by atoms with E-state index >= 15 is 0 Å². The average Bonchev–Trinajstić information content (AvgIpc) is 2.73. The second kappa shape index (κ2) is 9.28. The minimum Gasteiger partial charge on any atom is -0.495 e. The number of anilines is 1. The number of hydrogen-bond acceptors (Lipinski definition) is 5. The molecule has 0 atom stereocenters. The van der Waals surface area contributed by atoms with E-state index in [1.54, 1.807) is 12.1 Å². The lowest BCUT2D eigenvalue weighted by Gasteiger charge is -2.26. The summed E-state index contributed by atoms with van der Waals surface area (Å²) in [5.74, 6) is 0.599. The van der Waals surface area contributed by atoms with Crippen LogP contribution in [0, 0.1) is 6.92 Å². The molecule has 3 rings (SSSR count). The van der Waals surface area contributed by atoms with Gasteiger partial charge < -0.3 is 14.8 Å². The van der Waals surface area contributed by atoms with E-state index in [0.717, 1.165) is 24.8 Å². The van der Waals surface area contributed by atoms with Gasteiger partial charge in [0.2, 0.25) is 10.0 Å². The van der Waals surface area contributed by atoms with Gasteiger partial charge in [0.25, 0.3) is 5.91 Å². The Hall–Kier alpha value is -2.58. The number of rotatable bonds is 7. The van der Waals surface area contributed by atoms with Crippen molar-refractivity contribution in [2.45, 2.75) is 31.1 Å². The van der Waals surface area contributed by atoms with Crippen LogP contribution in [0.4, 0.5) is 5.69 Å². The first-order valence-corrected chi connectivity index (χ1v) is 11.0. The molecule has 1 fully saturated rings. The quantitative estimate of drug-likeness (QED) is 0.746. The summed E-state index contributed by atoms with van der Waals surface area (Å²) >= 11 is 0. The number of amides is 1. The molecule has 1 N–H and O–H groups in total. The minimum atomic E-state index is -3.61. The summed E-state index contributed by atoms with van der Waals surface area (Å²) in [5, 5.41) is 2.69. The van der Waals surface area contributed by atoms with Crippen LogP contribution in [-0.4, -0.2) is 45.4 Å². The largest absolute Gasteiger partial charge is 0.495 e. The smallest absolute Gasteiger partial charge is 0.262 e. The van der Waals surface area contributed by atoms with Crippen molar-refractivity contribution in [1.29, 1.82) is 0 Å². The molecule has 0 radical (unpaired) electrons. The van der Waals surface area contributed by atoms with E-state index in [2.05, 4.69) is 5.32 Å². The molecule has 1 heterocycles. The predicted molar refractivity (Wildman–Crippen MR) is 111 cm³/mol. The molecule has 156 valence electrons. The van der Waals surface area contributed by atoms with Crippen LogP contribution in [0.5, 0.6) is 11.5 Å². The number of sulfonamides is 1. The Morgan fingerprint density at radius 1 is 1.07 bits per heavy atom. The summed E-state index contributed by atoms with van der Waals surface area (Å²) < 4.78 is 38.2. The lowest BCUT2D eigenvalue weighted by Crippen LogP contribution is -2.35. The maximum Gasteiger partial charge on any atom is 0.262 e. The molecule has 0 spiro atoms. The molecule has 0 aromatic heterocycles. The first-order valence-electron chi connectivity index (χ1n) is 9.58. The lowest BCUT2D eigenvalue weighted by molar-refractivity contribution is -0.118. The maximum absolute atomic E-state index is 12.9. The molecule has 0 saturated carbocycles. The van der Waals surface area contributed by atoms with Crippen molar-refractivity contribution in [3.63, 3.8) is 0 Å². The summed E-state index contributed by atoms with van der Waals surface area (Å²) in [5.41, 5.74) is 1.22. The monoisotopic (exact) mass is 418 g/mol. The number of carbonyl (C=O) groups is 1. The Labute approximate surface area is 171 Å². The highest BCUT2D eigenvalue weighted by Crippen LogP contribution is 2.30. The SMILES string of the molecule is COc1ccc(S(=O)(=O)N2CCCCC2)cc1NC(=O)COc1ccccc1C. The number of carbonyl (C=O) groups excluding carboxylic acids is 1. The Morgan fingerprint density at radius 3 is 2.48 bits per heavy atom. The summed E-state index contributed by atoms with van der Waals surface area (Å²) in [6, 6.07) is 11.9. The normalized spacial score (nSPS) is 15.0. The van der Waals surface area contributed by atoms with Crippen LogP contribution < -0.4 is 14.8 Å². The van der Waals surface area contributed by atoms with E-state index in [-0.39, 0.29) is 11.5 Å². The van der Waals surface area contributed by atoms with Crippen LogP contribution in [-0.2, 0) is 14.8 Å². The molecule has 8 heteroatoms. The lowest BCUT2D eigenvalue weighted by atomic mass is 10.2. The number of nitrogens with zero attached hydrogens (tertiary/aromatic N) is 1. The number of methoxy groups -OCH3 is 1. The van der Waals surface area contributed by atoms with Gasteiger partial charge in [0.15, 0.2) is 6.61 Å². The van der Waals surface area contributed by atoms with Gasteiger partial charge in [-0.1, -0.05) is 24.6 Å². The Morgan fingerprint density at radius 2 is 1.79 bits per heavy atom. The topological polar surface area (TPSA) is 84.9 Å². The Kier molecular flexibility index (Phi) is 6.76. The molecular weight excluding hydrogens is 392 g/mol. The third kappa shape index (κ3) is 5.07. The van der Waals surface area contributed by atoms with E-state index < -0.39 is 15.9 Å². The number of piperidine rings is 1. The first-order chi connectivity index (χ1) is 13.9. The molecule has 7 nitrogen and oxygen atoms in total. The highest BCUT2D eigenvalue weighted by atomic mass is 32.2. The second-order valence-corrected chi connectivity index (χ2v) is 8.87. The highest BCUT2D eigenvalue weighted by Gasteiger charge is 2.27. The van der Waals surface area contributed by atoms with Crippen LogP contribution in [0.25, 0.3) is 0 Å². The zero-order chi connectivity index (χ0) is 20.9. The van der Waals surface area contributed by atoms with Gasteiger partial charge in [-0.25, -0.2) is 8.42 Å². The molecule has 2 aromatic rings. The molecular formula is C21H26N2O5S. The van der Waals surface area contributed by atoms with Crippen LogP contribution in [0.2, 0.25) is 0 Å². The van der Waals surface area contributed by atoms with Crippen LogP contribution in [0.15, 0.2) is 47.4 Å². The van der Waals surface area contributed by atoms with Crippen molar-refractivity contribution >= 4 is 21.6 Å². The van der Waals surface area contributed by atoms with E-state index in [4.69, 9.17) is 9.47 Å². The molecule has 2 aromatic carbocycles. The predicted octanol–water partition coefficient (Wildman–Crippen LogP) is 3.20.